The molecule has 0 amide bonds. The molecule has 0 spiro atoms. The molecule has 0 aliphatic carbocycles. The second kappa shape index (κ2) is 5.71. The van der Waals surface area contributed by atoms with E-state index in [1.54, 1.807) is 18.2 Å². The second-order valence-corrected chi connectivity index (χ2v) is 4.54. The van der Waals surface area contributed by atoms with Gasteiger partial charge < -0.3 is 4.74 Å². The molecule has 20 heavy (non-hydrogen) atoms. The monoisotopic (exact) mass is 291 g/mol. The van der Waals surface area contributed by atoms with Gasteiger partial charge in [0.1, 0.15) is 5.75 Å². The lowest BCUT2D eigenvalue weighted by Crippen LogP contribution is -2.09. The van der Waals surface area contributed by atoms with Crippen LogP contribution in [0.1, 0.15) is 15.9 Å². The maximum Gasteiger partial charge on any atom is 0.343 e. The van der Waals surface area contributed by atoms with Crippen molar-refractivity contribution in [2.24, 2.45) is 0 Å². The molecule has 102 valence electrons. The van der Waals surface area contributed by atoms with E-state index >= 15 is 0 Å². The molecule has 6 heteroatoms. The van der Waals surface area contributed by atoms with Crippen LogP contribution in [0.3, 0.4) is 0 Å². The Kier molecular flexibility index (Phi) is 4.00. The molecule has 5 nitrogen and oxygen atoms in total. The van der Waals surface area contributed by atoms with Crippen LogP contribution in [0.15, 0.2) is 42.5 Å². The summed E-state index contributed by atoms with van der Waals surface area (Å²) in [6, 6.07) is 10.6. The highest BCUT2D eigenvalue weighted by molar-refractivity contribution is 6.32. The third-order valence-corrected chi connectivity index (χ3v) is 2.88. The summed E-state index contributed by atoms with van der Waals surface area (Å²) in [5, 5.41) is 10.6. The smallest absolute Gasteiger partial charge is 0.343 e. The highest BCUT2D eigenvalue weighted by Crippen LogP contribution is 2.29. The lowest BCUT2D eigenvalue weighted by Gasteiger charge is -2.06. The van der Waals surface area contributed by atoms with Gasteiger partial charge >= 0.3 is 5.97 Å². The predicted octanol–water partition coefficient (Wildman–Crippen LogP) is 3.78. The summed E-state index contributed by atoms with van der Waals surface area (Å²) in [5.74, 6) is -0.478. The normalized spacial score (nSPS) is 10.1. The zero-order chi connectivity index (χ0) is 14.7. The summed E-state index contributed by atoms with van der Waals surface area (Å²) in [6.45, 7) is 1.86. The average Bonchev–Trinajstić information content (AvgIpc) is 2.40. The molecule has 0 saturated carbocycles. The van der Waals surface area contributed by atoms with Crippen LogP contribution in [0.4, 0.5) is 5.69 Å². The van der Waals surface area contributed by atoms with Gasteiger partial charge in [-0.15, -0.1) is 0 Å². The SMILES string of the molecule is Cc1cccc(C(=O)Oc2ccc([N+](=O)[O-])cc2Cl)c1. The molecule has 2 aromatic carbocycles. The number of carbonyl (C=O) groups excluding carboxylic acids is 1. The van der Waals surface area contributed by atoms with E-state index in [2.05, 4.69) is 0 Å². The Balaban J connectivity index is 2.22. The number of halogens is 1. The minimum Gasteiger partial charge on any atom is -0.421 e. The van der Waals surface area contributed by atoms with E-state index in [4.69, 9.17) is 16.3 Å². The van der Waals surface area contributed by atoms with Crippen molar-refractivity contribution in [1.29, 1.82) is 0 Å². The number of nitro groups is 1. The van der Waals surface area contributed by atoms with Crippen molar-refractivity contribution in [3.63, 3.8) is 0 Å². The largest absolute Gasteiger partial charge is 0.421 e. The van der Waals surface area contributed by atoms with Crippen LogP contribution in [0.2, 0.25) is 5.02 Å². The Morgan fingerprint density at radius 3 is 2.60 bits per heavy atom. The molecule has 0 heterocycles. The molecule has 2 aromatic rings. The Bertz CT molecular complexity index is 685. The summed E-state index contributed by atoms with van der Waals surface area (Å²) in [7, 11) is 0. The topological polar surface area (TPSA) is 69.4 Å². The molecule has 0 saturated heterocycles. The van der Waals surface area contributed by atoms with E-state index in [1.165, 1.54) is 12.1 Å². The summed E-state index contributed by atoms with van der Waals surface area (Å²) in [6.07, 6.45) is 0. The van der Waals surface area contributed by atoms with Crippen LogP contribution in [0, 0.1) is 17.0 Å². The zero-order valence-corrected chi connectivity index (χ0v) is 11.3. The van der Waals surface area contributed by atoms with Gasteiger partial charge in [0.2, 0.25) is 0 Å². The fourth-order valence-electron chi connectivity index (χ4n) is 1.62. The second-order valence-electron chi connectivity index (χ2n) is 4.13. The van der Waals surface area contributed by atoms with Crippen LogP contribution in [-0.4, -0.2) is 10.9 Å². The number of aryl methyl sites for hydroxylation is 1. The number of rotatable bonds is 3. The van der Waals surface area contributed by atoms with Crippen LogP contribution >= 0.6 is 11.6 Å². The highest BCUT2D eigenvalue weighted by Gasteiger charge is 2.14. The van der Waals surface area contributed by atoms with Gasteiger partial charge in [-0.1, -0.05) is 29.3 Å². The minimum absolute atomic E-state index is 0.0141. The fraction of sp³-hybridized carbons (Fsp3) is 0.0714. The highest BCUT2D eigenvalue weighted by atomic mass is 35.5. The number of benzene rings is 2. The number of nitrogens with zero attached hydrogens (tertiary/aromatic N) is 1. The minimum atomic E-state index is -0.571. The quantitative estimate of drug-likeness (QED) is 0.373. The first-order valence-corrected chi connectivity index (χ1v) is 6.08. The molecule has 0 aromatic heterocycles. The summed E-state index contributed by atoms with van der Waals surface area (Å²) >= 11 is 5.85. The molecule has 2 rings (SSSR count). The molecule has 0 N–H and O–H groups in total. The van der Waals surface area contributed by atoms with Gasteiger partial charge in [-0.25, -0.2) is 4.79 Å². The third-order valence-electron chi connectivity index (χ3n) is 2.58. The number of ether oxygens (including phenoxy) is 1. The van der Waals surface area contributed by atoms with Crippen LogP contribution in [0.5, 0.6) is 5.75 Å². The van der Waals surface area contributed by atoms with Crippen molar-refractivity contribution >= 4 is 23.3 Å². The Morgan fingerprint density at radius 1 is 1.25 bits per heavy atom. The van der Waals surface area contributed by atoms with Crippen LogP contribution < -0.4 is 4.74 Å². The first-order chi connectivity index (χ1) is 9.47. The molecule has 0 aliphatic heterocycles. The average molecular weight is 292 g/mol. The Morgan fingerprint density at radius 2 is 2.00 bits per heavy atom. The van der Waals surface area contributed by atoms with Gasteiger partial charge in [-0.2, -0.15) is 0 Å². The maximum atomic E-state index is 11.9. The number of hydrogen-bond acceptors (Lipinski definition) is 4. The van der Waals surface area contributed by atoms with Gasteiger partial charge in [0.05, 0.1) is 15.5 Å². The Labute approximate surface area is 119 Å². The summed E-state index contributed by atoms with van der Waals surface area (Å²) in [4.78, 5) is 21.9. The van der Waals surface area contributed by atoms with E-state index < -0.39 is 10.9 Å². The first-order valence-electron chi connectivity index (χ1n) is 5.70. The molecule has 0 atom stereocenters. The molecular weight excluding hydrogens is 282 g/mol. The lowest BCUT2D eigenvalue weighted by atomic mass is 10.1. The van der Waals surface area contributed by atoms with E-state index in [0.29, 0.717) is 5.56 Å². The van der Waals surface area contributed by atoms with Crippen molar-refractivity contribution in [3.05, 3.63) is 68.7 Å². The van der Waals surface area contributed by atoms with E-state index in [9.17, 15) is 14.9 Å². The van der Waals surface area contributed by atoms with E-state index in [0.717, 1.165) is 11.6 Å². The van der Waals surface area contributed by atoms with Crippen molar-refractivity contribution in [1.82, 2.24) is 0 Å². The van der Waals surface area contributed by atoms with Crippen molar-refractivity contribution in [3.8, 4) is 5.75 Å². The van der Waals surface area contributed by atoms with Crippen LogP contribution in [0.25, 0.3) is 0 Å². The van der Waals surface area contributed by atoms with Crippen LogP contribution in [-0.2, 0) is 0 Å². The van der Waals surface area contributed by atoms with Gasteiger partial charge in [0, 0.05) is 12.1 Å². The van der Waals surface area contributed by atoms with Gasteiger partial charge in [-0.05, 0) is 25.1 Å². The number of hydrogen-bond donors (Lipinski definition) is 0. The van der Waals surface area contributed by atoms with Crippen molar-refractivity contribution in [2.45, 2.75) is 6.92 Å². The van der Waals surface area contributed by atoms with Gasteiger partial charge in [-0.3, -0.25) is 10.1 Å². The van der Waals surface area contributed by atoms with Gasteiger partial charge in [0.25, 0.3) is 5.69 Å². The molecule has 0 fully saturated rings. The molecule has 0 bridgehead atoms. The summed E-state index contributed by atoms with van der Waals surface area (Å²) in [5.41, 5.74) is 1.15. The summed E-state index contributed by atoms with van der Waals surface area (Å²) < 4.78 is 5.13. The van der Waals surface area contributed by atoms with Crippen molar-refractivity contribution < 1.29 is 14.5 Å². The van der Waals surface area contributed by atoms with E-state index in [-0.39, 0.29) is 16.5 Å². The van der Waals surface area contributed by atoms with E-state index in [1.807, 2.05) is 13.0 Å². The molecule has 0 aliphatic rings. The molecular formula is C14H10ClNO4. The molecule has 0 radical (unpaired) electrons. The number of esters is 1. The number of carbonyl (C=O) groups is 1. The zero-order valence-electron chi connectivity index (χ0n) is 10.5. The third kappa shape index (κ3) is 3.13. The predicted molar refractivity (Wildman–Crippen MR) is 74.2 cm³/mol. The number of nitro benzene ring substituents is 1. The maximum absolute atomic E-state index is 11.9. The molecule has 0 unspecified atom stereocenters. The standard InChI is InChI=1S/C14H10ClNO4/c1-9-3-2-4-10(7-9)14(17)20-13-6-5-11(16(18)19)8-12(13)15/h2-8H,1H3. The van der Waals surface area contributed by atoms with Gasteiger partial charge in [0.15, 0.2) is 0 Å². The lowest BCUT2D eigenvalue weighted by molar-refractivity contribution is -0.384. The first kappa shape index (κ1) is 14.0. The fourth-order valence-corrected chi connectivity index (χ4v) is 1.83. The Hall–Kier alpha value is -2.40. The van der Waals surface area contributed by atoms with Crippen molar-refractivity contribution in [2.75, 3.05) is 0 Å². The number of non-ortho nitro benzene ring substituents is 1.